The Hall–Kier alpha value is -1.92. The van der Waals surface area contributed by atoms with E-state index in [1.54, 1.807) is 4.90 Å². The van der Waals surface area contributed by atoms with Crippen molar-refractivity contribution < 1.29 is 14.7 Å². The Morgan fingerprint density at radius 1 is 1.43 bits per heavy atom. The lowest BCUT2D eigenvalue weighted by Crippen LogP contribution is -2.49. The van der Waals surface area contributed by atoms with Gasteiger partial charge in [0, 0.05) is 19.5 Å². The molecule has 7 heteroatoms. The van der Waals surface area contributed by atoms with E-state index in [2.05, 4.69) is 15.2 Å². The number of H-pyrrole nitrogens is 1. The van der Waals surface area contributed by atoms with Gasteiger partial charge in [-0.1, -0.05) is 13.8 Å². The quantitative estimate of drug-likeness (QED) is 0.856. The number of carbonyl (C=O) groups is 2. The molecule has 0 aliphatic carbocycles. The molecule has 1 aromatic rings. The molecule has 116 valence electrons. The van der Waals surface area contributed by atoms with Gasteiger partial charge >= 0.3 is 5.97 Å². The molecule has 1 aromatic heterocycles. The second-order valence-electron chi connectivity index (χ2n) is 5.63. The molecule has 0 saturated carbocycles. The highest BCUT2D eigenvalue weighted by Gasteiger charge is 2.42. The van der Waals surface area contributed by atoms with Gasteiger partial charge in [-0.3, -0.25) is 14.7 Å². The lowest BCUT2D eigenvalue weighted by atomic mass is 9.77. The van der Waals surface area contributed by atoms with Crippen molar-refractivity contribution in [1.82, 2.24) is 20.1 Å². The number of aryl methyl sites for hydroxylation is 1. The van der Waals surface area contributed by atoms with E-state index in [4.69, 9.17) is 0 Å². The molecule has 0 aromatic carbocycles. The molecule has 1 amide bonds. The summed E-state index contributed by atoms with van der Waals surface area (Å²) in [4.78, 5) is 29.7. The van der Waals surface area contributed by atoms with Crippen LogP contribution in [0.4, 0.5) is 0 Å². The zero-order valence-corrected chi connectivity index (χ0v) is 12.6. The minimum Gasteiger partial charge on any atom is -0.481 e. The number of likely N-dealkylation sites (tertiary alicyclic amines) is 1. The van der Waals surface area contributed by atoms with Crippen LogP contribution in [0.5, 0.6) is 0 Å². The van der Waals surface area contributed by atoms with Crippen LogP contribution in [0.25, 0.3) is 0 Å². The molecule has 0 radical (unpaired) electrons. The topological polar surface area (TPSA) is 99.2 Å². The Bertz CT molecular complexity index is 528. The van der Waals surface area contributed by atoms with Crippen molar-refractivity contribution in [2.45, 2.75) is 46.0 Å². The third-order valence-corrected chi connectivity index (χ3v) is 4.20. The number of amides is 1. The van der Waals surface area contributed by atoms with Gasteiger partial charge in [-0.2, -0.15) is 0 Å². The van der Waals surface area contributed by atoms with Gasteiger partial charge in [0.25, 0.3) is 5.91 Å². The van der Waals surface area contributed by atoms with Crippen molar-refractivity contribution in [2.75, 3.05) is 13.1 Å². The Balaban J connectivity index is 2.13. The van der Waals surface area contributed by atoms with Crippen LogP contribution in [-0.2, 0) is 11.2 Å². The van der Waals surface area contributed by atoms with Crippen molar-refractivity contribution in [2.24, 2.45) is 5.41 Å². The fourth-order valence-corrected chi connectivity index (χ4v) is 2.80. The van der Waals surface area contributed by atoms with Crippen LogP contribution in [-0.4, -0.2) is 50.2 Å². The van der Waals surface area contributed by atoms with Gasteiger partial charge in [0.1, 0.15) is 5.82 Å². The first-order chi connectivity index (χ1) is 10.0. The first-order valence-corrected chi connectivity index (χ1v) is 7.46. The summed E-state index contributed by atoms with van der Waals surface area (Å²) in [6.07, 6.45) is 3.48. The Kier molecular flexibility index (Phi) is 4.59. The van der Waals surface area contributed by atoms with Gasteiger partial charge < -0.3 is 10.0 Å². The number of aliphatic carboxylic acids is 1. The van der Waals surface area contributed by atoms with Gasteiger partial charge in [-0.25, -0.2) is 4.98 Å². The predicted octanol–water partition coefficient (Wildman–Crippen LogP) is 1.47. The maximum Gasteiger partial charge on any atom is 0.311 e. The number of carboxylic acids is 1. The fraction of sp³-hybridized carbons (Fsp3) is 0.714. The molecular formula is C14H22N4O3. The van der Waals surface area contributed by atoms with Crippen LogP contribution in [0.1, 0.15) is 56.0 Å². The molecule has 1 unspecified atom stereocenters. The molecule has 1 saturated heterocycles. The van der Waals surface area contributed by atoms with E-state index in [1.165, 1.54) is 0 Å². The predicted molar refractivity (Wildman–Crippen MR) is 75.9 cm³/mol. The van der Waals surface area contributed by atoms with E-state index in [-0.39, 0.29) is 18.3 Å². The summed E-state index contributed by atoms with van der Waals surface area (Å²) in [5, 5.41) is 16.2. The maximum atomic E-state index is 12.4. The number of hydrogen-bond acceptors (Lipinski definition) is 4. The van der Waals surface area contributed by atoms with E-state index in [0.717, 1.165) is 12.8 Å². The van der Waals surface area contributed by atoms with Crippen molar-refractivity contribution in [1.29, 1.82) is 0 Å². The summed E-state index contributed by atoms with van der Waals surface area (Å²) in [5.41, 5.74) is -0.837. The number of nitrogens with zero attached hydrogens (tertiary/aromatic N) is 3. The zero-order chi connectivity index (χ0) is 15.5. The third kappa shape index (κ3) is 3.06. The Labute approximate surface area is 123 Å². The van der Waals surface area contributed by atoms with Crippen LogP contribution in [0.3, 0.4) is 0 Å². The second-order valence-corrected chi connectivity index (χ2v) is 5.63. The zero-order valence-electron chi connectivity index (χ0n) is 12.6. The number of rotatable bonds is 5. The summed E-state index contributed by atoms with van der Waals surface area (Å²) < 4.78 is 0. The largest absolute Gasteiger partial charge is 0.481 e. The molecule has 2 heterocycles. The number of carboxylic acid groups (broad SMARTS) is 1. The number of aromatic nitrogens is 3. The standard InChI is InChI=1S/C14H22N4O3/c1-3-6-10-15-11(17-16-10)12(19)18-8-5-7-14(4-2,9-18)13(20)21/h3-9H2,1-2H3,(H,20,21)(H,15,16,17). The minimum atomic E-state index is -0.837. The van der Waals surface area contributed by atoms with E-state index in [9.17, 15) is 14.7 Å². The Morgan fingerprint density at radius 3 is 2.81 bits per heavy atom. The SMILES string of the molecule is CCCc1nc(C(=O)N2CCCC(CC)(C(=O)O)C2)n[nH]1. The summed E-state index contributed by atoms with van der Waals surface area (Å²) in [5.74, 6) is -0.287. The van der Waals surface area contributed by atoms with E-state index in [1.807, 2.05) is 13.8 Å². The Morgan fingerprint density at radius 2 is 2.19 bits per heavy atom. The second kappa shape index (κ2) is 6.24. The van der Waals surface area contributed by atoms with Crippen LogP contribution in [0, 0.1) is 5.41 Å². The molecule has 2 N–H and O–H groups in total. The van der Waals surface area contributed by atoms with E-state index in [0.29, 0.717) is 31.6 Å². The van der Waals surface area contributed by atoms with Crippen LogP contribution in [0.2, 0.25) is 0 Å². The van der Waals surface area contributed by atoms with Crippen molar-refractivity contribution in [3.8, 4) is 0 Å². The highest BCUT2D eigenvalue weighted by molar-refractivity contribution is 5.91. The van der Waals surface area contributed by atoms with E-state index >= 15 is 0 Å². The van der Waals surface area contributed by atoms with Gasteiger partial charge in [-0.05, 0) is 25.7 Å². The highest BCUT2D eigenvalue weighted by Crippen LogP contribution is 2.34. The van der Waals surface area contributed by atoms with Gasteiger partial charge in [0.2, 0.25) is 5.82 Å². The van der Waals surface area contributed by atoms with Gasteiger partial charge in [-0.15, -0.1) is 5.10 Å². The van der Waals surface area contributed by atoms with Crippen LogP contribution in [0.15, 0.2) is 0 Å². The summed E-state index contributed by atoms with van der Waals surface area (Å²) in [7, 11) is 0. The lowest BCUT2D eigenvalue weighted by Gasteiger charge is -2.38. The number of nitrogens with one attached hydrogen (secondary N) is 1. The molecule has 1 aliphatic heterocycles. The van der Waals surface area contributed by atoms with Crippen molar-refractivity contribution >= 4 is 11.9 Å². The van der Waals surface area contributed by atoms with Gasteiger partial charge in [0.05, 0.1) is 5.41 Å². The summed E-state index contributed by atoms with van der Waals surface area (Å²) >= 11 is 0. The average molecular weight is 294 g/mol. The number of piperidine rings is 1. The lowest BCUT2D eigenvalue weighted by molar-refractivity contribution is -0.152. The molecule has 2 rings (SSSR count). The first-order valence-electron chi connectivity index (χ1n) is 7.46. The van der Waals surface area contributed by atoms with Crippen molar-refractivity contribution in [3.63, 3.8) is 0 Å². The summed E-state index contributed by atoms with van der Waals surface area (Å²) in [6.45, 7) is 4.67. The maximum absolute atomic E-state index is 12.4. The number of carbonyl (C=O) groups excluding carboxylic acids is 1. The minimum absolute atomic E-state index is 0.135. The number of aromatic amines is 1. The van der Waals surface area contributed by atoms with Gasteiger partial charge in [0.15, 0.2) is 0 Å². The molecular weight excluding hydrogens is 272 g/mol. The molecule has 0 bridgehead atoms. The molecule has 21 heavy (non-hydrogen) atoms. The summed E-state index contributed by atoms with van der Waals surface area (Å²) in [6, 6.07) is 0. The molecule has 1 atom stereocenters. The third-order valence-electron chi connectivity index (χ3n) is 4.20. The van der Waals surface area contributed by atoms with Crippen LogP contribution < -0.4 is 0 Å². The molecule has 1 aliphatic rings. The molecule has 7 nitrogen and oxygen atoms in total. The average Bonchev–Trinajstić information content (AvgIpc) is 2.95. The smallest absolute Gasteiger partial charge is 0.311 e. The molecule has 0 spiro atoms. The highest BCUT2D eigenvalue weighted by atomic mass is 16.4. The number of hydrogen-bond donors (Lipinski definition) is 2. The van der Waals surface area contributed by atoms with Crippen LogP contribution >= 0.6 is 0 Å². The molecule has 1 fully saturated rings. The monoisotopic (exact) mass is 294 g/mol. The van der Waals surface area contributed by atoms with E-state index < -0.39 is 11.4 Å². The fourth-order valence-electron chi connectivity index (χ4n) is 2.80. The van der Waals surface area contributed by atoms with Crippen molar-refractivity contribution in [3.05, 3.63) is 11.6 Å². The normalized spacial score (nSPS) is 22.3. The first kappa shape index (κ1) is 15.5.